The van der Waals surface area contributed by atoms with Crippen LogP contribution in [0.25, 0.3) is 0 Å². The molecular weight excluding hydrogens is 381 g/mol. The minimum absolute atomic E-state index is 0.167. The first-order valence-corrected chi connectivity index (χ1v) is 7.04. The molecule has 0 bridgehead atoms. The second-order valence-corrected chi connectivity index (χ2v) is 5.89. The summed E-state index contributed by atoms with van der Waals surface area (Å²) in [4.78, 5) is 12.0. The summed E-state index contributed by atoms with van der Waals surface area (Å²) in [5.74, 6) is -0.167. The van der Waals surface area contributed by atoms with E-state index in [0.717, 1.165) is 8.95 Å². The summed E-state index contributed by atoms with van der Waals surface area (Å²) in [6.45, 7) is 0. The van der Waals surface area contributed by atoms with Crippen LogP contribution in [0.3, 0.4) is 0 Å². The van der Waals surface area contributed by atoms with Crippen LogP contribution in [0.15, 0.2) is 51.4 Å². The van der Waals surface area contributed by atoms with E-state index in [0.29, 0.717) is 16.3 Å². The maximum Gasteiger partial charge on any atom is 0.255 e. The summed E-state index contributed by atoms with van der Waals surface area (Å²) in [5, 5.41) is 3.44. The lowest BCUT2D eigenvalue weighted by atomic mass is 10.2. The molecule has 0 fully saturated rings. The fourth-order valence-electron chi connectivity index (χ4n) is 1.42. The molecule has 0 aliphatic carbocycles. The number of hydrogen-bond acceptors (Lipinski definition) is 1. The number of hydrogen-bond donors (Lipinski definition) is 1. The van der Waals surface area contributed by atoms with Gasteiger partial charge in [-0.15, -0.1) is 0 Å². The highest BCUT2D eigenvalue weighted by Gasteiger charge is 2.07. The molecule has 0 spiro atoms. The zero-order chi connectivity index (χ0) is 13.1. The van der Waals surface area contributed by atoms with Crippen LogP contribution in [0, 0.1) is 0 Å². The summed E-state index contributed by atoms with van der Waals surface area (Å²) in [6, 6.07) is 12.4. The molecular formula is C13H8Br2ClNO. The van der Waals surface area contributed by atoms with Crippen LogP contribution >= 0.6 is 43.5 Å². The van der Waals surface area contributed by atoms with Gasteiger partial charge in [0.2, 0.25) is 0 Å². The monoisotopic (exact) mass is 387 g/mol. The average molecular weight is 389 g/mol. The Morgan fingerprint density at radius 1 is 1.00 bits per heavy atom. The number of anilines is 1. The Morgan fingerprint density at radius 3 is 2.11 bits per heavy atom. The quantitative estimate of drug-likeness (QED) is 0.759. The molecule has 92 valence electrons. The van der Waals surface area contributed by atoms with Gasteiger partial charge in [0.15, 0.2) is 0 Å². The summed E-state index contributed by atoms with van der Waals surface area (Å²) in [7, 11) is 0. The molecule has 1 N–H and O–H groups in total. The van der Waals surface area contributed by atoms with Crippen LogP contribution in [0.5, 0.6) is 0 Å². The minimum Gasteiger partial charge on any atom is -0.322 e. The number of carbonyl (C=O) groups is 1. The predicted molar refractivity (Wildman–Crippen MR) is 81.2 cm³/mol. The third-order valence-corrected chi connectivity index (χ3v) is 3.39. The molecule has 2 rings (SSSR count). The normalized spacial score (nSPS) is 10.2. The van der Waals surface area contributed by atoms with E-state index in [1.165, 1.54) is 0 Å². The molecule has 18 heavy (non-hydrogen) atoms. The predicted octanol–water partition coefficient (Wildman–Crippen LogP) is 5.12. The Hall–Kier alpha value is -0.840. The van der Waals surface area contributed by atoms with Crippen molar-refractivity contribution in [3.63, 3.8) is 0 Å². The largest absolute Gasteiger partial charge is 0.322 e. The van der Waals surface area contributed by atoms with Gasteiger partial charge in [-0.25, -0.2) is 0 Å². The van der Waals surface area contributed by atoms with Crippen LogP contribution < -0.4 is 5.32 Å². The van der Waals surface area contributed by atoms with Crippen LogP contribution in [0.2, 0.25) is 5.02 Å². The number of carbonyl (C=O) groups excluding carboxylic acids is 1. The van der Waals surface area contributed by atoms with E-state index in [1.54, 1.807) is 36.4 Å². The number of nitrogens with one attached hydrogen (secondary N) is 1. The molecule has 1 amide bonds. The maximum atomic E-state index is 12.0. The Balaban J connectivity index is 2.19. The molecule has 0 saturated carbocycles. The van der Waals surface area contributed by atoms with Gasteiger partial charge in [0.25, 0.3) is 5.91 Å². The number of benzene rings is 2. The second-order valence-electron chi connectivity index (χ2n) is 3.62. The Labute approximate surface area is 127 Å². The summed E-state index contributed by atoms with van der Waals surface area (Å²) in [5.41, 5.74) is 1.28. The zero-order valence-electron chi connectivity index (χ0n) is 9.08. The maximum absolute atomic E-state index is 12.0. The van der Waals surface area contributed by atoms with Crippen molar-refractivity contribution in [2.24, 2.45) is 0 Å². The number of amides is 1. The van der Waals surface area contributed by atoms with Gasteiger partial charge < -0.3 is 5.32 Å². The molecule has 2 aromatic carbocycles. The highest BCUT2D eigenvalue weighted by atomic mass is 79.9. The van der Waals surface area contributed by atoms with Crippen LogP contribution in [-0.4, -0.2) is 5.91 Å². The van der Waals surface area contributed by atoms with E-state index in [1.807, 2.05) is 6.07 Å². The topological polar surface area (TPSA) is 29.1 Å². The van der Waals surface area contributed by atoms with E-state index in [9.17, 15) is 4.79 Å². The van der Waals surface area contributed by atoms with Gasteiger partial charge in [-0.3, -0.25) is 4.79 Å². The van der Waals surface area contributed by atoms with Crippen molar-refractivity contribution in [1.29, 1.82) is 0 Å². The molecule has 5 heteroatoms. The van der Waals surface area contributed by atoms with Crippen molar-refractivity contribution in [3.05, 3.63) is 62.0 Å². The van der Waals surface area contributed by atoms with E-state index in [2.05, 4.69) is 37.2 Å². The third kappa shape index (κ3) is 3.57. The number of rotatable bonds is 2. The van der Waals surface area contributed by atoms with Crippen molar-refractivity contribution in [3.8, 4) is 0 Å². The lowest BCUT2D eigenvalue weighted by molar-refractivity contribution is 0.102. The average Bonchev–Trinajstić information content (AvgIpc) is 2.31. The van der Waals surface area contributed by atoms with Gasteiger partial charge in [0.1, 0.15) is 0 Å². The Kier molecular flexibility index (Phi) is 4.43. The Bertz CT molecular complexity index is 564. The summed E-state index contributed by atoms with van der Waals surface area (Å²) in [6.07, 6.45) is 0. The minimum atomic E-state index is -0.167. The lowest BCUT2D eigenvalue weighted by Gasteiger charge is -2.06. The first-order chi connectivity index (χ1) is 8.54. The molecule has 0 saturated heterocycles. The van der Waals surface area contributed by atoms with Crippen molar-refractivity contribution in [2.45, 2.75) is 0 Å². The molecule has 2 nitrogen and oxygen atoms in total. The summed E-state index contributed by atoms with van der Waals surface area (Å²) >= 11 is 12.5. The van der Waals surface area contributed by atoms with E-state index < -0.39 is 0 Å². The van der Waals surface area contributed by atoms with Gasteiger partial charge >= 0.3 is 0 Å². The fourth-order valence-corrected chi connectivity index (χ4v) is 2.84. The smallest absolute Gasteiger partial charge is 0.255 e. The van der Waals surface area contributed by atoms with Crippen LogP contribution in [0.4, 0.5) is 5.69 Å². The standard InChI is InChI=1S/C13H8Br2ClNO/c14-9-5-8(6-10(15)7-9)13(18)17-12-3-1-11(16)2-4-12/h1-7H,(H,17,18). The fraction of sp³-hybridized carbons (Fsp3) is 0. The van der Waals surface area contributed by atoms with Crippen LogP contribution in [0.1, 0.15) is 10.4 Å². The molecule has 0 aromatic heterocycles. The van der Waals surface area contributed by atoms with Crippen LogP contribution in [-0.2, 0) is 0 Å². The van der Waals surface area contributed by atoms with Crippen molar-refractivity contribution < 1.29 is 4.79 Å². The van der Waals surface area contributed by atoms with Gasteiger partial charge in [-0.2, -0.15) is 0 Å². The van der Waals surface area contributed by atoms with Crippen molar-refractivity contribution in [2.75, 3.05) is 5.32 Å². The summed E-state index contributed by atoms with van der Waals surface area (Å²) < 4.78 is 1.69. The van der Waals surface area contributed by atoms with Crippen molar-refractivity contribution >= 4 is 55.1 Å². The first-order valence-electron chi connectivity index (χ1n) is 5.07. The highest BCUT2D eigenvalue weighted by molar-refractivity contribution is 9.11. The molecule has 0 aliphatic heterocycles. The van der Waals surface area contributed by atoms with E-state index in [-0.39, 0.29) is 5.91 Å². The molecule has 2 aromatic rings. The molecule has 0 heterocycles. The second kappa shape index (κ2) is 5.87. The molecule has 0 unspecified atom stereocenters. The molecule has 0 atom stereocenters. The molecule has 0 radical (unpaired) electrons. The van der Waals surface area contributed by atoms with Gasteiger partial charge in [-0.05, 0) is 42.5 Å². The van der Waals surface area contributed by atoms with Gasteiger partial charge in [0, 0.05) is 25.2 Å². The van der Waals surface area contributed by atoms with E-state index >= 15 is 0 Å². The third-order valence-electron chi connectivity index (χ3n) is 2.23. The zero-order valence-corrected chi connectivity index (χ0v) is 13.0. The van der Waals surface area contributed by atoms with Crippen molar-refractivity contribution in [1.82, 2.24) is 0 Å². The van der Waals surface area contributed by atoms with Gasteiger partial charge in [0.05, 0.1) is 0 Å². The number of halogens is 3. The molecule has 0 aliphatic rings. The van der Waals surface area contributed by atoms with Gasteiger partial charge in [-0.1, -0.05) is 43.5 Å². The lowest BCUT2D eigenvalue weighted by Crippen LogP contribution is -2.11. The SMILES string of the molecule is O=C(Nc1ccc(Cl)cc1)c1cc(Br)cc(Br)c1. The van der Waals surface area contributed by atoms with E-state index in [4.69, 9.17) is 11.6 Å². The first kappa shape index (κ1) is 13.6. The Morgan fingerprint density at radius 2 is 1.56 bits per heavy atom. The highest BCUT2D eigenvalue weighted by Crippen LogP contribution is 2.21.